The van der Waals surface area contributed by atoms with E-state index in [1.807, 2.05) is 60.0 Å². The van der Waals surface area contributed by atoms with Crippen LogP contribution in [0.4, 0.5) is 11.4 Å². The number of piperazine rings is 4. The Bertz CT molecular complexity index is 5480. The van der Waals surface area contributed by atoms with Gasteiger partial charge in [-0.2, -0.15) is 0 Å². The number of benzene rings is 6. The lowest BCUT2D eigenvalue weighted by molar-refractivity contribution is -0.136. The first-order valence-electron chi connectivity index (χ1n) is 47.4. The quantitative estimate of drug-likeness (QED) is 0.0958. The topological polar surface area (TPSA) is 292 Å². The fraction of sp³-hybridized carbons (Fsp3) is 0.560. The number of fused-ring (bicyclic) bond motifs is 10. The van der Waals surface area contributed by atoms with Crippen LogP contribution in [-0.4, -0.2) is 277 Å². The van der Waals surface area contributed by atoms with Gasteiger partial charge in [0, 0.05) is 189 Å². The van der Waals surface area contributed by atoms with Gasteiger partial charge in [0.05, 0.1) is 56.4 Å². The van der Waals surface area contributed by atoms with Crippen molar-refractivity contribution in [3.8, 4) is 11.5 Å². The van der Waals surface area contributed by atoms with Gasteiger partial charge in [0.25, 0.3) is 11.8 Å². The van der Waals surface area contributed by atoms with E-state index in [4.69, 9.17) is 42.1 Å². The fourth-order valence-corrected chi connectivity index (χ4v) is 28.8. The number of ether oxygens (including phenoxy) is 4. The zero-order valence-electron chi connectivity index (χ0n) is 76.7. The Hall–Kier alpha value is -7.98. The van der Waals surface area contributed by atoms with E-state index >= 15 is 0 Å². The Morgan fingerprint density at radius 3 is 1.28 bits per heavy atom. The third-order valence-corrected chi connectivity index (χ3v) is 39.6. The predicted molar refractivity (Wildman–Crippen MR) is 513 cm³/mol. The third kappa shape index (κ3) is 20.1. The first-order chi connectivity index (χ1) is 63.2. The molecule has 2 N–H and O–H groups in total. The molecule has 6 fully saturated rings. The van der Waals surface area contributed by atoms with Gasteiger partial charge in [-0.1, -0.05) is 110 Å². The van der Waals surface area contributed by atoms with Crippen LogP contribution >= 0.6 is 23.2 Å². The molecule has 8 aliphatic heterocycles. The van der Waals surface area contributed by atoms with Gasteiger partial charge in [-0.15, -0.1) is 0 Å². The Morgan fingerprint density at radius 2 is 0.894 bits per heavy atom. The smallest absolute Gasteiger partial charge is 0.264 e. The maximum atomic E-state index is 13.8. The van der Waals surface area contributed by atoms with E-state index in [9.17, 15) is 52.8 Å². The van der Waals surface area contributed by atoms with Crippen LogP contribution in [0, 0.1) is 35.5 Å². The average Bonchev–Trinajstić information content (AvgIpc) is 1.41. The normalized spacial score (nSPS) is 31.0. The van der Waals surface area contributed by atoms with Gasteiger partial charge in [0.2, 0.25) is 31.9 Å². The highest BCUT2D eigenvalue weighted by atomic mass is 35.5. The minimum atomic E-state index is -4.04. The first kappa shape index (κ1) is 95.7. The van der Waals surface area contributed by atoms with Gasteiger partial charge in [-0.25, -0.2) is 43.1 Å². The summed E-state index contributed by atoms with van der Waals surface area (Å²) < 4.78 is 139. The predicted octanol–water partition coefficient (Wildman–Crippen LogP) is 11.9. The van der Waals surface area contributed by atoms with Crippen molar-refractivity contribution in [3.63, 3.8) is 0 Å². The molecule has 4 bridgehead atoms. The van der Waals surface area contributed by atoms with Crippen molar-refractivity contribution in [3.05, 3.63) is 201 Å². The molecule has 4 aliphatic carbocycles. The number of sulfone groups is 2. The number of hydrogen-bond donors (Lipinski definition) is 2. The Labute approximate surface area is 789 Å². The van der Waals surface area contributed by atoms with E-state index < -0.39 is 73.2 Å². The molecule has 2 saturated carbocycles. The molecule has 32 heteroatoms. The third-order valence-electron chi connectivity index (χ3n) is 31.8. The SMILES string of the molecule is CO[C@@]1(CN2CCN3CCN(C(=O)CCS(=O)(=O)c4ccccc4)CC3C2)/C=C/C[C@H](C)[C@@H](C)S(=O)(=O)NC(=O)c2ccc3c(c2)N(C[C@@H]2CC[C@H]21)C[C@@]1(CCCc2cc(Cl)ccc21)CO3.CO[C@@]1(CN2CCN3CCN(C(=O)CCS(=O)(=O)c4ccccc4)C[C@@H]3C2)/C=C/C[C@H](C)[C@@H](C)S(=O)(=O)NC(=O)c2ccc3c(c2)N(C[C@@H]2CC[C@H]21)C[C@@]1(CCCc2cc(Cl)ccc21)CO3. The molecule has 1 unspecified atom stereocenters. The van der Waals surface area contributed by atoms with Crippen molar-refractivity contribution >= 4 is 97.9 Å². The number of rotatable bonds is 14. The second kappa shape index (κ2) is 39.3. The van der Waals surface area contributed by atoms with Crippen molar-refractivity contribution in [2.45, 2.75) is 172 Å². The number of nitrogens with zero attached hydrogens (tertiary/aromatic N) is 8. The zero-order chi connectivity index (χ0) is 92.9. The summed E-state index contributed by atoms with van der Waals surface area (Å²) in [6.45, 7) is 20.4. The number of carbonyl (C=O) groups excluding carboxylic acids is 4. The molecule has 14 atom stereocenters. The van der Waals surface area contributed by atoms with E-state index in [0.29, 0.717) is 113 Å². The number of allylic oxidation sites excluding steroid dienone is 2. The number of nitrogens with one attached hydrogen (secondary N) is 2. The van der Waals surface area contributed by atoms with Gasteiger partial charge in [0.15, 0.2) is 19.7 Å². The molecule has 132 heavy (non-hydrogen) atoms. The summed E-state index contributed by atoms with van der Waals surface area (Å²) in [5, 5.41) is -0.272. The van der Waals surface area contributed by atoms with E-state index in [1.165, 1.54) is 22.3 Å². The van der Waals surface area contributed by atoms with Crippen LogP contribution in [0.5, 0.6) is 11.5 Å². The molecule has 712 valence electrons. The van der Waals surface area contributed by atoms with Gasteiger partial charge >= 0.3 is 0 Å². The van der Waals surface area contributed by atoms with Gasteiger partial charge in [0.1, 0.15) is 22.7 Å². The lowest BCUT2D eigenvalue weighted by atomic mass is 9.63. The standard InChI is InChI=1S/2C50H64ClN5O8S2/c2*1-35-9-7-21-50(63-3,33-53-22-23-54-24-25-55(31-41(54)30-53)47(57)19-26-65(59,60)42-11-5-4-6-12-42)44-16-13-39(44)29-56-32-49(20-8-10-37-27-40(51)15-17-43(37)49)34-64-46-18-14-38(28-45(46)56)48(58)52-66(61,62)36(35)2/h2*4-7,11-12,14-15,17-18,21,27-28,35-36,39,41,44H,8-10,13,16,19-20,22-26,29-34H2,1-3H3,(H,52,58)/b2*21-7+/t35-,36+,39-,41?,44+,49-,50+;35-,36+,39-,41-,44+,49-,50+/m00/s1. The van der Waals surface area contributed by atoms with Gasteiger partial charge in [-0.05, 0) is 234 Å². The Morgan fingerprint density at radius 1 is 0.492 bits per heavy atom. The molecule has 0 aromatic heterocycles. The van der Waals surface area contributed by atoms with Crippen LogP contribution < -0.4 is 28.7 Å². The van der Waals surface area contributed by atoms with Crippen molar-refractivity contribution in [2.75, 3.05) is 167 Å². The number of hydrogen-bond acceptors (Lipinski definition) is 22. The van der Waals surface area contributed by atoms with Gasteiger partial charge < -0.3 is 38.5 Å². The highest BCUT2D eigenvalue weighted by molar-refractivity contribution is 7.92. The molecule has 4 amide bonds. The minimum absolute atomic E-state index is 0.0596. The molecule has 4 saturated heterocycles. The highest BCUT2D eigenvalue weighted by Gasteiger charge is 2.54. The van der Waals surface area contributed by atoms with E-state index in [0.717, 1.165) is 128 Å². The molecule has 6 aromatic rings. The van der Waals surface area contributed by atoms with Crippen LogP contribution in [0.1, 0.15) is 148 Å². The highest BCUT2D eigenvalue weighted by Crippen LogP contribution is 2.53. The first-order valence-corrected chi connectivity index (χ1v) is 54.6. The number of aryl methyl sites for hydroxylation is 2. The van der Waals surface area contributed by atoms with Crippen LogP contribution in [0.2, 0.25) is 10.0 Å². The lowest BCUT2D eigenvalue weighted by Crippen LogP contribution is -2.65. The zero-order valence-corrected chi connectivity index (χ0v) is 81.5. The van der Waals surface area contributed by atoms with Crippen molar-refractivity contribution in [1.29, 1.82) is 0 Å². The largest absolute Gasteiger partial charge is 0.490 e. The number of halogens is 2. The summed E-state index contributed by atoms with van der Waals surface area (Å²) in [6.07, 6.45) is 19.0. The number of anilines is 2. The van der Waals surface area contributed by atoms with E-state index in [1.54, 1.807) is 101 Å². The molecular formula is C100H128Cl2N10O16S4. The molecular weight excluding hydrogens is 1800 g/mol. The monoisotopic (exact) mass is 1920 g/mol. The maximum Gasteiger partial charge on any atom is 0.264 e. The maximum absolute atomic E-state index is 13.8. The summed E-state index contributed by atoms with van der Waals surface area (Å²) in [4.78, 5) is 73.5. The van der Waals surface area contributed by atoms with Crippen molar-refractivity contribution in [2.24, 2.45) is 35.5 Å². The molecule has 12 aliphatic rings. The van der Waals surface area contributed by atoms with E-state index in [-0.39, 0.29) is 116 Å². The average molecular weight is 1930 g/mol. The second-order valence-electron chi connectivity index (χ2n) is 39.7. The molecule has 2 spiro atoms. The van der Waals surface area contributed by atoms with E-state index in [2.05, 4.69) is 87.4 Å². The molecule has 8 heterocycles. The summed E-state index contributed by atoms with van der Waals surface area (Å²) in [7, 11) is -11.6. The summed E-state index contributed by atoms with van der Waals surface area (Å²) in [5.74, 6) is -0.605. The Balaban J connectivity index is 0.000000184. The summed E-state index contributed by atoms with van der Waals surface area (Å²) >= 11 is 13.1. The van der Waals surface area contributed by atoms with Gasteiger partial charge in [-0.3, -0.25) is 38.8 Å². The fourth-order valence-electron chi connectivity index (χ4n) is 23.3. The lowest BCUT2D eigenvalue weighted by Gasteiger charge is -2.53. The second-order valence-corrected chi connectivity index (χ2v) is 48.8. The number of sulfonamides is 2. The number of carbonyl (C=O) groups is 4. The number of amides is 4. The van der Waals surface area contributed by atoms with Crippen LogP contribution in [0.25, 0.3) is 0 Å². The molecule has 26 nitrogen and oxygen atoms in total. The van der Waals surface area contributed by atoms with Crippen molar-refractivity contribution < 1.29 is 71.8 Å². The summed E-state index contributed by atoms with van der Waals surface area (Å²) in [6, 6.07) is 39.8. The van der Waals surface area contributed by atoms with Crippen LogP contribution in [0.3, 0.4) is 0 Å². The minimum Gasteiger partial charge on any atom is -0.490 e. The summed E-state index contributed by atoms with van der Waals surface area (Å²) in [5.41, 5.74) is 4.96. The molecule has 18 rings (SSSR count). The number of methoxy groups -OCH3 is 2. The molecule has 6 aromatic carbocycles. The van der Waals surface area contributed by atoms with Crippen molar-refractivity contribution in [1.82, 2.24) is 38.8 Å². The van der Waals surface area contributed by atoms with Crippen LogP contribution in [0.15, 0.2) is 168 Å². The van der Waals surface area contributed by atoms with Crippen LogP contribution in [-0.2, 0) is 82.5 Å². The Kier molecular flexibility index (Phi) is 28.5. The molecule has 0 radical (unpaired) electrons.